The SMILES string of the molecule is O=C(COC(=O)/C=C/c1ccsc1)Nc1ccc2c(c1)OC1(CCCCC1)O2. The topological polar surface area (TPSA) is 73.9 Å². The normalized spacial score (nSPS) is 17.0. The van der Waals surface area contributed by atoms with E-state index in [2.05, 4.69) is 5.32 Å². The van der Waals surface area contributed by atoms with Crippen molar-refractivity contribution in [3.63, 3.8) is 0 Å². The van der Waals surface area contributed by atoms with E-state index in [1.807, 2.05) is 16.8 Å². The molecule has 1 saturated carbocycles. The lowest BCUT2D eigenvalue weighted by atomic mass is 9.94. The van der Waals surface area contributed by atoms with Crippen molar-refractivity contribution in [1.29, 1.82) is 0 Å². The van der Waals surface area contributed by atoms with Gasteiger partial charge in [-0.15, -0.1) is 0 Å². The minimum absolute atomic E-state index is 0.356. The number of carbonyl (C=O) groups excluding carboxylic acids is 2. The summed E-state index contributed by atoms with van der Waals surface area (Å²) < 4.78 is 17.0. The molecule has 1 aromatic heterocycles. The Morgan fingerprint density at radius 1 is 1.14 bits per heavy atom. The molecule has 146 valence electrons. The van der Waals surface area contributed by atoms with Gasteiger partial charge in [0.05, 0.1) is 0 Å². The summed E-state index contributed by atoms with van der Waals surface area (Å²) in [6.45, 7) is -0.356. The Kier molecular flexibility index (Phi) is 5.34. The zero-order valence-corrected chi connectivity index (χ0v) is 16.1. The fraction of sp³-hybridized carbons (Fsp3) is 0.333. The van der Waals surface area contributed by atoms with Crippen molar-refractivity contribution in [2.24, 2.45) is 0 Å². The highest BCUT2D eigenvalue weighted by Gasteiger charge is 2.42. The van der Waals surface area contributed by atoms with Gasteiger partial charge in [-0.3, -0.25) is 4.79 Å². The molecule has 2 aliphatic rings. The molecule has 0 bridgehead atoms. The highest BCUT2D eigenvalue weighted by atomic mass is 32.1. The van der Waals surface area contributed by atoms with Gasteiger partial charge in [0.25, 0.3) is 11.7 Å². The van der Waals surface area contributed by atoms with E-state index in [1.165, 1.54) is 23.8 Å². The summed E-state index contributed by atoms with van der Waals surface area (Å²) in [5.74, 6) is -0.192. The van der Waals surface area contributed by atoms with Gasteiger partial charge in [0, 0.05) is 30.7 Å². The molecule has 6 nitrogen and oxygen atoms in total. The highest BCUT2D eigenvalue weighted by Crippen LogP contribution is 2.46. The number of thiophene rings is 1. The molecule has 0 atom stereocenters. The number of carbonyl (C=O) groups is 2. The van der Waals surface area contributed by atoms with Gasteiger partial charge in [-0.05, 0) is 53.4 Å². The second kappa shape index (κ2) is 8.06. The Labute approximate surface area is 167 Å². The molecule has 1 N–H and O–H groups in total. The van der Waals surface area contributed by atoms with Crippen LogP contribution < -0.4 is 14.8 Å². The lowest BCUT2D eigenvalue weighted by Gasteiger charge is -2.31. The molecule has 1 aliphatic carbocycles. The van der Waals surface area contributed by atoms with Crippen LogP contribution in [-0.4, -0.2) is 24.3 Å². The van der Waals surface area contributed by atoms with E-state index < -0.39 is 17.7 Å². The molecule has 28 heavy (non-hydrogen) atoms. The smallest absolute Gasteiger partial charge is 0.331 e. The summed E-state index contributed by atoms with van der Waals surface area (Å²) in [6, 6.07) is 7.18. The molecule has 1 aliphatic heterocycles. The maximum absolute atomic E-state index is 12.1. The molecular formula is C21H21NO5S. The van der Waals surface area contributed by atoms with Crippen molar-refractivity contribution in [3.05, 3.63) is 46.7 Å². The van der Waals surface area contributed by atoms with Crippen LogP contribution in [0.4, 0.5) is 5.69 Å². The maximum atomic E-state index is 12.1. The summed E-state index contributed by atoms with van der Waals surface area (Å²) in [7, 11) is 0. The van der Waals surface area contributed by atoms with Gasteiger partial charge < -0.3 is 19.5 Å². The van der Waals surface area contributed by atoms with Crippen LogP contribution in [0.15, 0.2) is 41.1 Å². The van der Waals surface area contributed by atoms with Crippen molar-refractivity contribution in [2.75, 3.05) is 11.9 Å². The van der Waals surface area contributed by atoms with Crippen LogP contribution in [0, 0.1) is 0 Å². The fourth-order valence-electron chi connectivity index (χ4n) is 3.38. The molecule has 1 amide bonds. The minimum Gasteiger partial charge on any atom is -0.452 e. The number of benzene rings is 1. The summed E-state index contributed by atoms with van der Waals surface area (Å²) in [5.41, 5.74) is 1.49. The van der Waals surface area contributed by atoms with E-state index in [4.69, 9.17) is 14.2 Å². The monoisotopic (exact) mass is 399 g/mol. The Hall–Kier alpha value is -2.80. The first-order valence-corrected chi connectivity index (χ1v) is 10.3. The third-order valence-electron chi connectivity index (χ3n) is 4.74. The van der Waals surface area contributed by atoms with Crippen LogP contribution in [0.25, 0.3) is 6.08 Å². The summed E-state index contributed by atoms with van der Waals surface area (Å²) in [4.78, 5) is 23.8. The molecule has 0 unspecified atom stereocenters. The van der Waals surface area contributed by atoms with Gasteiger partial charge in [0.1, 0.15) is 0 Å². The zero-order chi connectivity index (χ0) is 19.4. The predicted octanol–water partition coefficient (Wildman–Crippen LogP) is 4.37. The van der Waals surface area contributed by atoms with Gasteiger partial charge in [-0.25, -0.2) is 4.79 Å². The number of ether oxygens (including phenoxy) is 3. The van der Waals surface area contributed by atoms with Crippen LogP contribution >= 0.6 is 11.3 Å². The molecule has 2 heterocycles. The standard InChI is InChI=1S/C21H21NO5S/c23-19(13-25-20(24)7-4-15-8-11-28-14-15)22-16-5-6-17-18(12-16)27-21(26-17)9-2-1-3-10-21/h4-8,11-12,14H,1-3,9-10,13H2,(H,22,23)/b7-4+. The van der Waals surface area contributed by atoms with Crippen molar-refractivity contribution in [1.82, 2.24) is 0 Å². The fourth-order valence-corrected chi connectivity index (χ4v) is 4.01. The summed E-state index contributed by atoms with van der Waals surface area (Å²) in [6.07, 6.45) is 8.08. The first-order valence-electron chi connectivity index (χ1n) is 9.31. The number of anilines is 1. The molecule has 1 spiro atoms. The number of fused-ring (bicyclic) bond motifs is 1. The maximum Gasteiger partial charge on any atom is 0.331 e. The van der Waals surface area contributed by atoms with Gasteiger partial charge >= 0.3 is 5.97 Å². The predicted molar refractivity (Wildman–Crippen MR) is 106 cm³/mol. The number of amides is 1. The third kappa shape index (κ3) is 4.36. The lowest BCUT2D eigenvalue weighted by molar-refractivity contribution is -0.142. The number of esters is 1. The van der Waals surface area contributed by atoms with Crippen LogP contribution in [0.3, 0.4) is 0 Å². The minimum atomic E-state index is -0.564. The number of rotatable bonds is 5. The molecule has 4 rings (SSSR count). The van der Waals surface area contributed by atoms with E-state index in [-0.39, 0.29) is 6.61 Å². The van der Waals surface area contributed by atoms with Gasteiger partial charge in [0.15, 0.2) is 18.1 Å². The average molecular weight is 399 g/mol. The van der Waals surface area contributed by atoms with Crippen LogP contribution in [-0.2, 0) is 14.3 Å². The van der Waals surface area contributed by atoms with E-state index >= 15 is 0 Å². The van der Waals surface area contributed by atoms with Crippen molar-refractivity contribution < 1.29 is 23.8 Å². The second-order valence-electron chi connectivity index (χ2n) is 6.88. The average Bonchev–Trinajstić information content (AvgIpc) is 3.32. The lowest BCUT2D eigenvalue weighted by Crippen LogP contribution is -2.40. The van der Waals surface area contributed by atoms with Crippen molar-refractivity contribution in [2.45, 2.75) is 37.9 Å². The number of hydrogen-bond donors (Lipinski definition) is 1. The Bertz CT molecular complexity index is 884. The zero-order valence-electron chi connectivity index (χ0n) is 15.3. The first-order chi connectivity index (χ1) is 13.6. The van der Waals surface area contributed by atoms with E-state index in [0.717, 1.165) is 31.2 Å². The molecular weight excluding hydrogens is 378 g/mol. The number of hydrogen-bond acceptors (Lipinski definition) is 6. The van der Waals surface area contributed by atoms with Gasteiger partial charge in [-0.2, -0.15) is 11.3 Å². The highest BCUT2D eigenvalue weighted by molar-refractivity contribution is 7.08. The quantitative estimate of drug-likeness (QED) is 0.597. The van der Waals surface area contributed by atoms with Crippen LogP contribution in [0.2, 0.25) is 0 Å². The Morgan fingerprint density at radius 3 is 2.75 bits per heavy atom. The largest absolute Gasteiger partial charge is 0.452 e. The molecule has 7 heteroatoms. The summed E-state index contributed by atoms with van der Waals surface area (Å²) in [5, 5.41) is 6.54. The van der Waals surface area contributed by atoms with Crippen molar-refractivity contribution >= 4 is 35.0 Å². The van der Waals surface area contributed by atoms with E-state index in [0.29, 0.717) is 17.2 Å². The molecule has 2 aromatic rings. The molecule has 1 aromatic carbocycles. The molecule has 0 radical (unpaired) electrons. The van der Waals surface area contributed by atoms with E-state index in [1.54, 1.807) is 24.3 Å². The van der Waals surface area contributed by atoms with Crippen LogP contribution in [0.5, 0.6) is 11.5 Å². The Morgan fingerprint density at radius 2 is 1.96 bits per heavy atom. The third-order valence-corrected chi connectivity index (χ3v) is 5.44. The first kappa shape index (κ1) is 18.6. The van der Waals surface area contributed by atoms with Crippen LogP contribution in [0.1, 0.15) is 37.7 Å². The Balaban J connectivity index is 1.28. The van der Waals surface area contributed by atoms with Crippen molar-refractivity contribution in [3.8, 4) is 11.5 Å². The van der Waals surface area contributed by atoms with Gasteiger partial charge in [-0.1, -0.05) is 6.42 Å². The van der Waals surface area contributed by atoms with Gasteiger partial charge in [0.2, 0.25) is 0 Å². The van der Waals surface area contributed by atoms with E-state index in [9.17, 15) is 9.59 Å². The summed E-state index contributed by atoms with van der Waals surface area (Å²) >= 11 is 1.54. The molecule has 1 fully saturated rings. The number of nitrogens with one attached hydrogen (secondary N) is 1. The molecule has 0 saturated heterocycles. The second-order valence-corrected chi connectivity index (χ2v) is 7.66.